The number of carboxylic acids is 3. The fourth-order valence-electron chi connectivity index (χ4n) is 11.1. The molecule has 30 heteroatoms. The standard InChI is InChI=1S/C48H61N5O13S2.C26H37N3O7/c1-27(38(56)15-10-34-11-16-41(67-34)42-17-12-35(68-42)26-33(55)23-30(28(2)54)9-20-45(61)62)52-48(66)32(22-29-6-4-3-5-7-29)25-40(58)37(14-21-46(63)64)53-47(65)31(8-18-43(50)59)24-39(57)36(49)13-19-44(51)60;1-16(13-22(31)21(28-3)14-18-7-5-4-6-8-18)26(36)29-20(10-11-24(27)33)23(32)15-19(17(2)30)9-12-25(34)35/h3-7,11-12,16-17,27,30-32,36-37H,8-10,13-15,18-26,49H2,1-2H3,(H2,50,59)(H2,51,60)(H,52,66)(H,53,65)(H,61,62)(H,63,64);4-8,16,19-21,28H,9-15H2,1-3H3,(H2,27,33)(H,29,36)(H,34,35)/t27-,30?,31?,32?,36-,37-;16?,19?,20-,21-/m00/s1. The van der Waals surface area contributed by atoms with Crippen LogP contribution in [0, 0.1) is 29.6 Å². The zero-order valence-corrected chi connectivity index (χ0v) is 61.0. The minimum Gasteiger partial charge on any atom is -0.481 e. The minimum atomic E-state index is -1.42. The van der Waals surface area contributed by atoms with E-state index < -0.39 is 150 Å². The van der Waals surface area contributed by atoms with Gasteiger partial charge in [-0.1, -0.05) is 67.6 Å². The molecule has 15 N–H and O–H groups in total. The molecule has 0 aliphatic rings. The summed E-state index contributed by atoms with van der Waals surface area (Å²) in [5.74, 6) is -14.9. The Morgan fingerprint density at radius 1 is 0.413 bits per heavy atom. The summed E-state index contributed by atoms with van der Waals surface area (Å²) in [6.07, 6.45) is -2.46. The summed E-state index contributed by atoms with van der Waals surface area (Å²) in [6.45, 7) is 5.73. The lowest BCUT2D eigenvalue weighted by Gasteiger charge is -2.24. The molecule has 0 saturated carbocycles. The van der Waals surface area contributed by atoms with Gasteiger partial charge in [0.2, 0.25) is 35.4 Å². The van der Waals surface area contributed by atoms with Crippen molar-refractivity contribution in [1.82, 2.24) is 21.3 Å². The van der Waals surface area contributed by atoms with Crippen LogP contribution in [0.4, 0.5) is 0 Å². The van der Waals surface area contributed by atoms with Crippen LogP contribution in [0.15, 0.2) is 84.9 Å². The molecule has 2 heterocycles. The highest BCUT2D eigenvalue weighted by molar-refractivity contribution is 7.22. The van der Waals surface area contributed by atoms with Gasteiger partial charge in [0.05, 0.1) is 30.2 Å². The first-order valence-corrected chi connectivity index (χ1v) is 35.9. The van der Waals surface area contributed by atoms with E-state index in [0.717, 1.165) is 25.1 Å². The highest BCUT2D eigenvalue weighted by Gasteiger charge is 2.34. The molecule has 0 fully saturated rings. The lowest BCUT2D eigenvalue weighted by atomic mass is 9.88. The fourth-order valence-corrected chi connectivity index (χ4v) is 13.3. The van der Waals surface area contributed by atoms with Crippen LogP contribution in [0.5, 0.6) is 0 Å². The maximum absolute atomic E-state index is 14.0. The molecule has 0 saturated heterocycles. The molecule has 0 radical (unpaired) electrons. The molecular weight excluding hydrogens is 1380 g/mol. The Kier molecular flexibility index (Phi) is 39.3. The third-order valence-corrected chi connectivity index (χ3v) is 19.8. The normalized spacial score (nSPS) is 13.9. The second kappa shape index (κ2) is 46.1. The van der Waals surface area contributed by atoms with Gasteiger partial charge in [0.25, 0.3) is 0 Å². The van der Waals surface area contributed by atoms with E-state index in [1.54, 1.807) is 44.3 Å². The van der Waals surface area contributed by atoms with E-state index in [9.17, 15) is 86.6 Å². The number of carbonyl (C=O) groups is 17. The second-order valence-electron chi connectivity index (χ2n) is 26.0. The average Bonchev–Trinajstić information content (AvgIpc) is 1.68. The number of nitrogens with one attached hydrogen (secondary N) is 4. The van der Waals surface area contributed by atoms with Crippen molar-refractivity contribution in [2.24, 2.45) is 52.5 Å². The largest absolute Gasteiger partial charge is 0.481 e. The Morgan fingerprint density at radius 2 is 0.827 bits per heavy atom. The number of Topliss-reactive ketones (excluding diaryl/α,β-unsaturated/α-hetero) is 8. The Balaban J connectivity index is 0.000000656. The van der Waals surface area contributed by atoms with E-state index in [2.05, 4.69) is 21.3 Å². The number of aliphatic carboxylic acids is 3. The van der Waals surface area contributed by atoms with E-state index in [-0.39, 0.29) is 138 Å². The van der Waals surface area contributed by atoms with Crippen LogP contribution >= 0.6 is 22.7 Å². The summed E-state index contributed by atoms with van der Waals surface area (Å²) in [7, 11) is 1.67. The molecule has 0 aliphatic carbocycles. The SMILES string of the molecule is CC(=O)C(CCC(=O)O)CC(=O)Cc1ccc(-c2ccc(CCC(=O)[C@H](C)NC(=O)C(CC(=O)[C@H](CCC(=O)O)NC(=O)C(CCC(N)=O)CC(=O)[C@@H](N)CCC(N)=O)Cc3ccccc3)s2)s1.CN[C@@H](Cc1ccccc1)C(=O)CC(C)C(=O)N[C@@H](CCC(N)=O)C(=O)CC(CCC(=O)O)C(C)=O. The number of primary amides is 3. The van der Waals surface area contributed by atoms with Crippen molar-refractivity contribution in [3.63, 3.8) is 0 Å². The van der Waals surface area contributed by atoms with Gasteiger partial charge in [0.15, 0.2) is 23.1 Å². The third-order valence-electron chi connectivity index (χ3n) is 17.4. The third kappa shape index (κ3) is 34.5. The van der Waals surface area contributed by atoms with Gasteiger partial charge in [-0.15, -0.1) is 22.7 Å². The number of rotatable bonds is 52. The summed E-state index contributed by atoms with van der Waals surface area (Å²) in [4.78, 5) is 214. The maximum atomic E-state index is 14.0. The van der Waals surface area contributed by atoms with Crippen LogP contribution in [0.2, 0.25) is 0 Å². The van der Waals surface area contributed by atoms with Crippen LogP contribution in [0.1, 0.15) is 164 Å². The zero-order chi connectivity index (χ0) is 77.8. The van der Waals surface area contributed by atoms with Crippen molar-refractivity contribution in [2.45, 2.75) is 199 Å². The zero-order valence-electron chi connectivity index (χ0n) is 59.3. The van der Waals surface area contributed by atoms with Crippen LogP contribution in [0.3, 0.4) is 0 Å². The van der Waals surface area contributed by atoms with Gasteiger partial charge in [0, 0.05) is 133 Å². The van der Waals surface area contributed by atoms with Crippen LogP contribution in [-0.4, -0.2) is 152 Å². The molecule has 104 heavy (non-hydrogen) atoms. The lowest BCUT2D eigenvalue weighted by molar-refractivity contribution is -0.139. The fraction of sp³-hybridized carbons (Fsp3) is 0.500. The first kappa shape index (κ1) is 88.6. The van der Waals surface area contributed by atoms with Gasteiger partial charge in [-0.25, -0.2) is 0 Å². The Hall–Kier alpha value is -9.65. The number of hydrogen-bond donors (Lipinski definition) is 11. The predicted molar refractivity (Wildman–Crippen MR) is 386 cm³/mol. The number of ketones is 8. The molecule has 5 unspecified atom stereocenters. The first-order valence-electron chi connectivity index (χ1n) is 34.3. The van der Waals surface area contributed by atoms with Gasteiger partial charge in [0.1, 0.15) is 23.1 Å². The molecule has 4 rings (SSSR count). The smallest absolute Gasteiger partial charge is 0.303 e. The van der Waals surface area contributed by atoms with Gasteiger partial charge in [-0.3, -0.25) is 81.5 Å². The Labute approximate surface area is 611 Å². The van der Waals surface area contributed by atoms with Crippen LogP contribution in [0.25, 0.3) is 9.75 Å². The molecule has 10 atom stereocenters. The highest BCUT2D eigenvalue weighted by Crippen LogP contribution is 2.35. The topological polar surface area (TPSA) is 503 Å². The summed E-state index contributed by atoms with van der Waals surface area (Å²) in [5, 5.41) is 38.2. The number of carboxylic acid groups (broad SMARTS) is 3. The van der Waals surface area contributed by atoms with Gasteiger partial charge < -0.3 is 59.5 Å². The second-order valence-corrected chi connectivity index (χ2v) is 28.3. The van der Waals surface area contributed by atoms with Crippen LogP contribution < -0.4 is 44.2 Å². The molecule has 0 aliphatic heterocycles. The highest BCUT2D eigenvalue weighted by atomic mass is 32.1. The number of likely N-dealkylation sites (N-methyl/N-ethyl adjacent to an activating group) is 1. The number of benzene rings is 2. The lowest BCUT2D eigenvalue weighted by Crippen LogP contribution is -2.47. The number of aryl methyl sites for hydroxylation is 1. The summed E-state index contributed by atoms with van der Waals surface area (Å²) < 4.78 is 0. The molecular formula is C74H98N8O20S2. The van der Waals surface area contributed by atoms with E-state index >= 15 is 0 Å². The number of hydrogen-bond acceptors (Lipinski definition) is 21. The van der Waals surface area contributed by atoms with Crippen LogP contribution in [-0.2, 0) is 107 Å². The molecule has 6 amide bonds. The van der Waals surface area contributed by atoms with E-state index in [1.165, 1.54) is 43.4 Å². The number of amides is 6. The summed E-state index contributed by atoms with van der Waals surface area (Å²) in [6, 6.07) is 20.7. The molecule has 28 nitrogen and oxygen atoms in total. The number of nitrogens with two attached hydrogens (primary N) is 4. The molecule has 2 aromatic carbocycles. The van der Waals surface area contributed by atoms with Gasteiger partial charge in [-0.05, 0) is 121 Å². The minimum absolute atomic E-state index is 0.00931. The monoisotopic (exact) mass is 1480 g/mol. The van der Waals surface area contributed by atoms with Crippen molar-refractivity contribution in [2.75, 3.05) is 7.05 Å². The van der Waals surface area contributed by atoms with Crippen molar-refractivity contribution in [3.05, 3.63) is 106 Å². The van der Waals surface area contributed by atoms with Crippen molar-refractivity contribution >= 4 is 122 Å². The van der Waals surface area contributed by atoms with Gasteiger partial charge in [-0.2, -0.15) is 0 Å². The van der Waals surface area contributed by atoms with E-state index in [1.807, 2.05) is 54.6 Å². The molecule has 4 aromatic rings. The van der Waals surface area contributed by atoms with Crippen molar-refractivity contribution in [1.29, 1.82) is 0 Å². The van der Waals surface area contributed by atoms with E-state index in [4.69, 9.17) is 33.1 Å². The summed E-state index contributed by atoms with van der Waals surface area (Å²) >= 11 is 2.89. The molecule has 566 valence electrons. The number of thiophene rings is 2. The predicted octanol–water partition coefficient (Wildman–Crippen LogP) is 4.85. The summed E-state index contributed by atoms with van der Waals surface area (Å²) in [5.41, 5.74) is 23.3. The first-order chi connectivity index (χ1) is 49.0. The average molecular weight is 1480 g/mol. The Bertz CT molecular complexity index is 3650. The maximum Gasteiger partial charge on any atom is 0.303 e. The van der Waals surface area contributed by atoms with Crippen molar-refractivity contribution < 1.29 is 96.8 Å². The molecule has 2 aromatic heterocycles. The molecule has 0 spiro atoms. The van der Waals surface area contributed by atoms with Crippen molar-refractivity contribution in [3.8, 4) is 9.75 Å². The number of carbonyl (C=O) groups excluding carboxylic acids is 14. The molecule has 0 bridgehead atoms. The van der Waals surface area contributed by atoms with E-state index in [0.29, 0.717) is 18.4 Å². The van der Waals surface area contributed by atoms with Gasteiger partial charge >= 0.3 is 17.9 Å². The Morgan fingerprint density at radius 3 is 1.34 bits per heavy atom. The quantitative estimate of drug-likeness (QED) is 0.0281.